The van der Waals surface area contributed by atoms with Crippen LogP contribution in [0.25, 0.3) is 0 Å². The number of nitrogens with one attached hydrogen (secondary N) is 1. The molecule has 0 fully saturated rings. The van der Waals surface area contributed by atoms with Crippen molar-refractivity contribution in [2.24, 2.45) is 0 Å². The molecule has 3 aromatic rings. The number of amides is 1. The maximum Gasteiger partial charge on any atom is 0.350 e. The number of ether oxygens (including phenoxy) is 1. The van der Waals surface area contributed by atoms with E-state index >= 15 is 0 Å². The normalized spacial score (nSPS) is 14.1. The van der Waals surface area contributed by atoms with Crippen LogP contribution in [-0.4, -0.2) is 42.7 Å². The predicted molar refractivity (Wildman–Crippen MR) is 123 cm³/mol. The van der Waals surface area contributed by atoms with Gasteiger partial charge < -0.3 is 4.74 Å². The first-order chi connectivity index (χ1) is 15.3. The first-order valence-corrected chi connectivity index (χ1v) is 13.0. The standard InChI is InChI=1S/C21H21N3O5S3/c1-3-29-20(26)18-13(2)22-21(31-18)23-19(25)14-5-4-6-16(11-14)32(27,28)24-9-7-17-15(12-24)8-10-30-17/h4-6,8,10-11H,3,7,9,12H2,1-2H3,(H,22,23,25). The molecule has 2 aromatic heterocycles. The Hall–Kier alpha value is -2.60. The number of benzene rings is 1. The van der Waals surface area contributed by atoms with E-state index in [2.05, 4.69) is 10.3 Å². The van der Waals surface area contributed by atoms with Crippen LogP contribution in [0.1, 0.15) is 43.1 Å². The number of aromatic nitrogens is 1. The van der Waals surface area contributed by atoms with Crippen LogP contribution < -0.4 is 5.32 Å². The predicted octanol–water partition coefficient (Wildman–Crippen LogP) is 3.69. The Morgan fingerprint density at radius 3 is 2.88 bits per heavy atom. The summed E-state index contributed by atoms with van der Waals surface area (Å²) in [4.78, 5) is 30.5. The summed E-state index contributed by atoms with van der Waals surface area (Å²) in [6, 6.07) is 7.88. The van der Waals surface area contributed by atoms with Gasteiger partial charge >= 0.3 is 5.97 Å². The fourth-order valence-electron chi connectivity index (χ4n) is 3.38. The summed E-state index contributed by atoms with van der Waals surface area (Å²) in [7, 11) is -3.75. The molecule has 0 unspecified atom stereocenters. The molecule has 168 valence electrons. The number of thiophene rings is 1. The third kappa shape index (κ3) is 4.46. The highest BCUT2D eigenvalue weighted by molar-refractivity contribution is 7.89. The summed E-state index contributed by atoms with van der Waals surface area (Å²) < 4.78 is 32.8. The highest BCUT2D eigenvalue weighted by atomic mass is 32.2. The molecule has 0 spiro atoms. The number of rotatable bonds is 6. The highest BCUT2D eigenvalue weighted by Gasteiger charge is 2.29. The van der Waals surface area contributed by atoms with Crippen molar-refractivity contribution in [1.82, 2.24) is 9.29 Å². The number of aryl methyl sites for hydroxylation is 1. The zero-order valence-corrected chi connectivity index (χ0v) is 19.9. The van der Waals surface area contributed by atoms with E-state index in [0.29, 0.717) is 30.1 Å². The van der Waals surface area contributed by atoms with E-state index in [1.54, 1.807) is 31.3 Å². The minimum absolute atomic E-state index is 0.0614. The maximum absolute atomic E-state index is 13.2. The van der Waals surface area contributed by atoms with Crippen molar-refractivity contribution in [2.45, 2.75) is 31.7 Å². The lowest BCUT2D eigenvalue weighted by Gasteiger charge is -2.26. The van der Waals surface area contributed by atoms with Gasteiger partial charge in [0.2, 0.25) is 10.0 Å². The molecule has 3 heterocycles. The third-order valence-electron chi connectivity index (χ3n) is 4.98. The van der Waals surface area contributed by atoms with E-state index in [1.165, 1.54) is 27.4 Å². The number of anilines is 1. The van der Waals surface area contributed by atoms with Gasteiger partial charge in [0.1, 0.15) is 4.88 Å². The molecule has 11 heteroatoms. The molecule has 1 aliphatic heterocycles. The second-order valence-corrected chi connectivity index (χ2v) is 11.0. The molecule has 1 aromatic carbocycles. The number of nitrogens with zero attached hydrogens (tertiary/aromatic N) is 2. The van der Waals surface area contributed by atoms with Crippen LogP contribution >= 0.6 is 22.7 Å². The molecule has 0 saturated heterocycles. The molecule has 0 bridgehead atoms. The number of fused-ring (bicyclic) bond motifs is 1. The van der Waals surface area contributed by atoms with E-state index in [9.17, 15) is 18.0 Å². The van der Waals surface area contributed by atoms with Crippen molar-refractivity contribution in [3.63, 3.8) is 0 Å². The lowest BCUT2D eigenvalue weighted by Crippen LogP contribution is -2.35. The molecule has 0 saturated carbocycles. The maximum atomic E-state index is 13.2. The fourth-order valence-corrected chi connectivity index (χ4v) is 6.59. The van der Waals surface area contributed by atoms with Crippen LogP contribution in [0.5, 0.6) is 0 Å². The Bertz CT molecular complexity index is 1280. The lowest BCUT2D eigenvalue weighted by molar-refractivity contribution is 0.0531. The summed E-state index contributed by atoms with van der Waals surface area (Å²) in [5.74, 6) is -1.00. The van der Waals surface area contributed by atoms with Crippen molar-refractivity contribution in [2.75, 3.05) is 18.5 Å². The molecule has 0 aliphatic carbocycles. The number of esters is 1. The van der Waals surface area contributed by atoms with Gasteiger partial charge in [-0.05, 0) is 55.5 Å². The fraction of sp³-hybridized carbons (Fsp3) is 0.286. The van der Waals surface area contributed by atoms with Crippen LogP contribution in [0.2, 0.25) is 0 Å². The molecule has 0 atom stereocenters. The van der Waals surface area contributed by atoms with Gasteiger partial charge in [0.25, 0.3) is 5.91 Å². The lowest BCUT2D eigenvalue weighted by atomic mass is 10.1. The molecule has 32 heavy (non-hydrogen) atoms. The molecule has 4 rings (SSSR count). The van der Waals surface area contributed by atoms with Gasteiger partial charge in [0, 0.05) is 23.5 Å². The van der Waals surface area contributed by atoms with Crippen LogP contribution in [0.15, 0.2) is 40.6 Å². The summed E-state index contributed by atoms with van der Waals surface area (Å²) in [6.45, 7) is 4.34. The van der Waals surface area contributed by atoms with Crippen molar-refractivity contribution in [3.8, 4) is 0 Å². The first-order valence-electron chi connectivity index (χ1n) is 9.91. The van der Waals surface area contributed by atoms with E-state index in [1.807, 2.05) is 11.4 Å². The van der Waals surface area contributed by atoms with Crippen LogP contribution in [0, 0.1) is 6.92 Å². The molecular formula is C21H21N3O5S3. The van der Waals surface area contributed by atoms with Crippen molar-refractivity contribution < 1.29 is 22.7 Å². The van der Waals surface area contributed by atoms with E-state index in [0.717, 1.165) is 16.9 Å². The minimum Gasteiger partial charge on any atom is -0.462 e. The Morgan fingerprint density at radius 2 is 2.09 bits per heavy atom. The van der Waals surface area contributed by atoms with E-state index in [4.69, 9.17) is 4.74 Å². The largest absolute Gasteiger partial charge is 0.462 e. The Labute approximate surface area is 193 Å². The van der Waals surface area contributed by atoms with Crippen molar-refractivity contribution >= 4 is 49.7 Å². The van der Waals surface area contributed by atoms with Gasteiger partial charge in [-0.2, -0.15) is 4.31 Å². The molecule has 0 radical (unpaired) electrons. The van der Waals surface area contributed by atoms with E-state index < -0.39 is 21.9 Å². The van der Waals surface area contributed by atoms with Gasteiger partial charge in [-0.25, -0.2) is 18.2 Å². The second-order valence-electron chi connectivity index (χ2n) is 7.09. The summed E-state index contributed by atoms with van der Waals surface area (Å²) in [5.41, 5.74) is 1.66. The monoisotopic (exact) mass is 491 g/mol. The highest BCUT2D eigenvalue weighted by Crippen LogP contribution is 2.29. The number of carbonyl (C=O) groups is 2. The van der Waals surface area contributed by atoms with Crippen LogP contribution in [-0.2, 0) is 27.7 Å². The van der Waals surface area contributed by atoms with Gasteiger partial charge in [0.15, 0.2) is 5.13 Å². The minimum atomic E-state index is -3.75. The molecule has 1 aliphatic rings. The van der Waals surface area contributed by atoms with E-state index in [-0.39, 0.29) is 22.2 Å². The summed E-state index contributed by atoms with van der Waals surface area (Å²) in [6.07, 6.45) is 0.679. The smallest absolute Gasteiger partial charge is 0.350 e. The quantitative estimate of drug-likeness (QED) is 0.527. The third-order valence-corrected chi connectivity index (χ3v) is 8.90. The van der Waals surface area contributed by atoms with Gasteiger partial charge in [-0.1, -0.05) is 17.4 Å². The molecule has 1 amide bonds. The van der Waals surface area contributed by atoms with Gasteiger partial charge in [0.05, 0.1) is 17.2 Å². The van der Waals surface area contributed by atoms with Gasteiger partial charge in [-0.15, -0.1) is 11.3 Å². The average molecular weight is 492 g/mol. The first kappa shape index (κ1) is 22.6. The Kier molecular flexibility index (Phi) is 6.42. The summed E-state index contributed by atoms with van der Waals surface area (Å²) in [5, 5.41) is 4.85. The van der Waals surface area contributed by atoms with Crippen molar-refractivity contribution in [3.05, 3.63) is 62.3 Å². The number of thiazole rings is 1. The molecule has 1 N–H and O–H groups in total. The Balaban J connectivity index is 1.52. The molecule has 8 nitrogen and oxygen atoms in total. The number of hydrogen-bond donors (Lipinski definition) is 1. The van der Waals surface area contributed by atoms with Crippen LogP contribution in [0.4, 0.5) is 5.13 Å². The summed E-state index contributed by atoms with van der Waals surface area (Å²) >= 11 is 2.65. The molecular weight excluding hydrogens is 470 g/mol. The average Bonchev–Trinajstić information content (AvgIpc) is 3.39. The number of sulfonamides is 1. The van der Waals surface area contributed by atoms with Crippen molar-refractivity contribution in [1.29, 1.82) is 0 Å². The zero-order valence-electron chi connectivity index (χ0n) is 17.5. The SMILES string of the molecule is CCOC(=O)c1sc(NC(=O)c2cccc(S(=O)(=O)N3CCc4sccc4C3)c2)nc1C. The van der Waals surface area contributed by atoms with Crippen LogP contribution in [0.3, 0.4) is 0 Å². The van der Waals surface area contributed by atoms with Gasteiger partial charge in [-0.3, -0.25) is 10.1 Å². The second kappa shape index (κ2) is 9.10. The zero-order chi connectivity index (χ0) is 22.9. The topological polar surface area (TPSA) is 106 Å². The Morgan fingerprint density at radius 1 is 1.28 bits per heavy atom. The number of hydrogen-bond acceptors (Lipinski definition) is 8. The number of carbonyl (C=O) groups excluding carboxylic acids is 2.